The Morgan fingerprint density at radius 2 is 1.93 bits per heavy atom. The minimum absolute atomic E-state index is 0.162. The van der Waals surface area contributed by atoms with Crippen molar-refractivity contribution in [1.82, 2.24) is 4.90 Å². The Bertz CT molecular complexity index is 263. The highest BCUT2D eigenvalue weighted by Gasteiger charge is 1.97. The molecule has 1 aromatic carbocycles. The van der Waals surface area contributed by atoms with Gasteiger partial charge in [-0.15, -0.1) is 11.8 Å². The molecule has 4 heteroatoms. The third-order valence-electron chi connectivity index (χ3n) is 1.88. The van der Waals surface area contributed by atoms with Crippen LogP contribution >= 0.6 is 24.6 Å². The average molecular weight is 285 g/mol. The summed E-state index contributed by atoms with van der Waals surface area (Å²) in [6, 6.07) is 8.92. The molecule has 1 aromatic rings. The third kappa shape index (κ3) is 5.03. The number of halogens is 1. The lowest BCUT2D eigenvalue weighted by atomic mass is 10.4. The molecule has 0 aromatic heterocycles. The van der Waals surface area contributed by atoms with E-state index >= 15 is 0 Å². The second-order valence-corrected chi connectivity index (χ2v) is 7.36. The van der Waals surface area contributed by atoms with Crippen LogP contribution in [0.15, 0.2) is 29.2 Å². The van der Waals surface area contributed by atoms with Crippen LogP contribution in [0.25, 0.3) is 0 Å². The molecule has 1 rings (SSSR count). The Kier molecular flexibility index (Phi) is 6.53. The van der Waals surface area contributed by atoms with Crippen LogP contribution in [0.4, 0.5) is 0 Å². The zero-order valence-electron chi connectivity index (χ0n) is 8.66. The molecule has 0 atom stereocenters. The second-order valence-electron chi connectivity index (χ2n) is 3.43. The van der Waals surface area contributed by atoms with E-state index < -0.39 is 0 Å². The fraction of sp³-hybridized carbons (Fsp3) is 0.400. The predicted molar refractivity (Wildman–Crippen MR) is 70.0 cm³/mol. The molecule has 0 saturated heterocycles. The van der Waals surface area contributed by atoms with Crippen LogP contribution in [0, 0.1) is 0 Å². The van der Waals surface area contributed by atoms with Crippen molar-refractivity contribution < 1.29 is 0 Å². The Hall–Kier alpha value is 0.776. The van der Waals surface area contributed by atoms with E-state index in [2.05, 4.69) is 56.1 Å². The van der Waals surface area contributed by atoms with E-state index in [0.717, 1.165) is 12.3 Å². The smallest absolute Gasteiger partial charge is 0.309 e. The standard InChI is InChI=1S/C10H14NS.BrH.Mg/c1-11(2)8-9-12-10-6-4-3-5-7-10;;/h4-7H,8-9H2,1-2H3;1H;/q;;+1/p-1. The van der Waals surface area contributed by atoms with E-state index in [1.807, 2.05) is 11.8 Å². The van der Waals surface area contributed by atoms with Gasteiger partial charge < -0.3 is 4.90 Å². The van der Waals surface area contributed by atoms with Gasteiger partial charge in [0.1, 0.15) is 0 Å². The molecular weight excluding hydrogens is 270 g/mol. The molecule has 0 fully saturated rings. The molecule has 0 amide bonds. The van der Waals surface area contributed by atoms with Gasteiger partial charge in [0.05, 0.1) is 0 Å². The monoisotopic (exact) mass is 283 g/mol. The molecule has 0 aliphatic rings. The first-order valence-electron chi connectivity index (χ1n) is 4.65. The molecule has 0 aliphatic carbocycles. The molecular formula is C10H14BrMgNS. The molecule has 0 N–H and O–H groups in total. The summed E-state index contributed by atoms with van der Waals surface area (Å²) in [6.07, 6.45) is 0. The Morgan fingerprint density at radius 3 is 2.43 bits per heavy atom. The van der Waals surface area contributed by atoms with E-state index in [4.69, 9.17) is 0 Å². The van der Waals surface area contributed by atoms with Crippen molar-refractivity contribution in [2.75, 3.05) is 26.4 Å². The van der Waals surface area contributed by atoms with Crippen molar-refractivity contribution >= 4 is 46.5 Å². The lowest BCUT2D eigenvalue weighted by Gasteiger charge is -2.08. The van der Waals surface area contributed by atoms with Crippen LogP contribution in [-0.4, -0.2) is 49.5 Å². The molecule has 0 aliphatic heterocycles. The minimum Gasteiger partial charge on any atom is -0.309 e. The Labute approximate surface area is 106 Å². The van der Waals surface area contributed by atoms with Gasteiger partial charge >= 0.3 is 18.2 Å². The summed E-state index contributed by atoms with van der Waals surface area (Å²) in [6.45, 7) is 1.14. The van der Waals surface area contributed by atoms with Crippen molar-refractivity contribution in [3.05, 3.63) is 24.3 Å². The first kappa shape index (κ1) is 12.8. The molecule has 14 heavy (non-hydrogen) atoms. The zero-order valence-corrected chi connectivity index (χ0v) is 12.5. The summed E-state index contributed by atoms with van der Waals surface area (Å²) >= 11 is 5.34. The fourth-order valence-corrected chi connectivity index (χ4v) is 3.58. The van der Waals surface area contributed by atoms with E-state index in [-0.39, 0.29) is 18.2 Å². The summed E-state index contributed by atoms with van der Waals surface area (Å²) in [5, 5.41) is 0. The number of rotatable bonds is 5. The van der Waals surface area contributed by atoms with Gasteiger partial charge in [-0.1, -0.05) is 24.3 Å². The van der Waals surface area contributed by atoms with E-state index in [0.29, 0.717) is 0 Å². The summed E-state index contributed by atoms with van der Waals surface area (Å²) in [4.78, 5) is 3.60. The van der Waals surface area contributed by atoms with Gasteiger partial charge in [0.2, 0.25) is 0 Å². The van der Waals surface area contributed by atoms with Crippen LogP contribution in [0.5, 0.6) is 0 Å². The topological polar surface area (TPSA) is 3.24 Å². The summed E-state index contributed by atoms with van der Waals surface area (Å²) in [5.74, 6) is 1.16. The lowest BCUT2D eigenvalue weighted by molar-refractivity contribution is 0.437. The van der Waals surface area contributed by atoms with Gasteiger partial charge in [0.25, 0.3) is 0 Å². The van der Waals surface area contributed by atoms with Crippen molar-refractivity contribution in [2.24, 2.45) is 0 Å². The first-order valence-corrected chi connectivity index (χ1v) is 10.2. The normalized spacial score (nSPS) is 10.3. The molecule has 0 bridgehead atoms. The number of hydrogen-bond acceptors (Lipinski definition) is 2. The maximum Gasteiger partial charge on any atom is 0.506 e. The van der Waals surface area contributed by atoms with E-state index in [1.54, 1.807) is 0 Å². The quantitative estimate of drug-likeness (QED) is 0.601. The highest BCUT2D eigenvalue weighted by molar-refractivity contribution is 9.23. The van der Waals surface area contributed by atoms with Gasteiger partial charge in [0.15, 0.2) is 0 Å². The SMILES string of the molecule is CN(C)CCSc1cc[c]([Mg][Br])cc1. The maximum absolute atomic E-state index is 3.58. The second kappa shape index (κ2) is 7.12. The number of nitrogens with zero attached hydrogens (tertiary/aromatic N) is 1. The summed E-state index contributed by atoms with van der Waals surface area (Å²) in [7, 11) is 4.22. The van der Waals surface area contributed by atoms with E-state index in [9.17, 15) is 0 Å². The molecule has 1 nitrogen and oxygen atoms in total. The molecule has 74 valence electrons. The zero-order chi connectivity index (χ0) is 10.4. The van der Waals surface area contributed by atoms with Crippen molar-refractivity contribution in [3.8, 4) is 0 Å². The third-order valence-corrected chi connectivity index (χ3v) is 5.60. The predicted octanol–water partition coefficient (Wildman–Crippen LogP) is 1.98. The summed E-state index contributed by atoms with van der Waals surface area (Å²) < 4.78 is 1.47. The molecule has 0 radical (unpaired) electrons. The van der Waals surface area contributed by atoms with Gasteiger partial charge in [-0.3, -0.25) is 12.9 Å². The van der Waals surface area contributed by atoms with Crippen molar-refractivity contribution in [2.45, 2.75) is 4.90 Å². The molecule has 0 saturated carbocycles. The fourth-order valence-electron chi connectivity index (χ4n) is 1.02. The van der Waals surface area contributed by atoms with Gasteiger partial charge in [-0.2, -0.15) is 3.69 Å². The highest BCUT2D eigenvalue weighted by atomic mass is 79.9. The minimum atomic E-state index is -0.162. The molecule has 0 spiro atoms. The number of benzene rings is 1. The van der Waals surface area contributed by atoms with E-state index in [1.165, 1.54) is 8.59 Å². The number of hydrogen-bond donors (Lipinski definition) is 0. The molecule has 0 unspecified atom stereocenters. The van der Waals surface area contributed by atoms with Gasteiger partial charge in [-0.25, -0.2) is 0 Å². The first-order chi connectivity index (χ1) is 6.72. The van der Waals surface area contributed by atoms with Crippen LogP contribution in [0.3, 0.4) is 0 Å². The van der Waals surface area contributed by atoms with Gasteiger partial charge in [0, 0.05) is 17.2 Å². The van der Waals surface area contributed by atoms with Crippen molar-refractivity contribution in [3.63, 3.8) is 0 Å². The van der Waals surface area contributed by atoms with Crippen LogP contribution in [-0.2, 0) is 0 Å². The highest BCUT2D eigenvalue weighted by Crippen LogP contribution is 2.15. The maximum atomic E-state index is 3.58. The van der Waals surface area contributed by atoms with Crippen LogP contribution in [0.2, 0.25) is 0 Å². The summed E-state index contributed by atoms with van der Waals surface area (Å²) in [5.41, 5.74) is 0. The molecule has 0 heterocycles. The average Bonchev–Trinajstić information content (AvgIpc) is 2.18. The number of thioether (sulfide) groups is 1. The lowest BCUT2D eigenvalue weighted by Crippen LogP contribution is -2.14. The van der Waals surface area contributed by atoms with Crippen molar-refractivity contribution in [1.29, 1.82) is 0 Å². The largest absolute Gasteiger partial charge is 0.506 e. The Balaban J connectivity index is 2.36. The Morgan fingerprint density at radius 1 is 1.29 bits per heavy atom. The van der Waals surface area contributed by atoms with Gasteiger partial charge in [-0.05, 0) is 14.1 Å². The van der Waals surface area contributed by atoms with Crippen LogP contribution < -0.4 is 3.69 Å². The van der Waals surface area contributed by atoms with Crippen LogP contribution in [0.1, 0.15) is 0 Å².